The highest BCUT2D eigenvalue weighted by molar-refractivity contribution is 9.10. The number of hydrogen-bond donors (Lipinski definition) is 0. The van der Waals surface area contributed by atoms with E-state index in [1.54, 1.807) is 12.4 Å². The van der Waals surface area contributed by atoms with E-state index in [2.05, 4.69) is 35.9 Å². The van der Waals surface area contributed by atoms with Crippen molar-refractivity contribution in [2.24, 2.45) is 5.11 Å². The Morgan fingerprint density at radius 2 is 2.13 bits per heavy atom. The van der Waals surface area contributed by atoms with Gasteiger partial charge < -0.3 is 0 Å². The number of halogens is 2. The lowest BCUT2D eigenvalue weighted by Crippen LogP contribution is -2.42. The van der Waals surface area contributed by atoms with Crippen LogP contribution in [0.1, 0.15) is 18.7 Å². The minimum atomic E-state index is -0.928. The van der Waals surface area contributed by atoms with Gasteiger partial charge in [0.2, 0.25) is 0 Å². The van der Waals surface area contributed by atoms with Gasteiger partial charge in [-0.3, -0.25) is 0 Å². The molecule has 0 saturated heterocycles. The zero-order valence-electron chi connectivity index (χ0n) is 7.64. The SMILES string of the molecule is [N-]=[N+]=NC1(c2ncc(Br)cn2)CC(F)C1. The molecule has 0 spiro atoms. The molecule has 1 fully saturated rings. The third-order valence-corrected chi connectivity index (χ3v) is 2.80. The molecule has 0 aliphatic heterocycles. The number of aromatic nitrogens is 2. The molecular formula is C8H7BrFN5. The minimum Gasteiger partial charge on any atom is -0.247 e. The quantitative estimate of drug-likeness (QED) is 0.471. The second-order valence-corrected chi connectivity index (χ2v) is 4.37. The predicted molar refractivity (Wildman–Crippen MR) is 54.7 cm³/mol. The van der Waals surface area contributed by atoms with Crippen molar-refractivity contribution in [2.45, 2.75) is 24.6 Å². The summed E-state index contributed by atoms with van der Waals surface area (Å²) in [5.74, 6) is 0.386. The van der Waals surface area contributed by atoms with Gasteiger partial charge in [-0.1, -0.05) is 5.11 Å². The van der Waals surface area contributed by atoms with Crippen molar-refractivity contribution in [2.75, 3.05) is 0 Å². The van der Waals surface area contributed by atoms with E-state index in [1.165, 1.54) is 0 Å². The third-order valence-electron chi connectivity index (χ3n) is 2.39. The summed E-state index contributed by atoms with van der Waals surface area (Å²) in [6.07, 6.45) is 2.52. The first-order valence-corrected chi connectivity index (χ1v) is 5.14. The lowest BCUT2D eigenvalue weighted by molar-refractivity contribution is 0.0917. The molecular weight excluding hydrogens is 265 g/mol. The van der Waals surface area contributed by atoms with Crippen LogP contribution in [0.5, 0.6) is 0 Å². The number of azide groups is 1. The van der Waals surface area contributed by atoms with Crippen molar-refractivity contribution in [3.63, 3.8) is 0 Å². The molecule has 1 saturated carbocycles. The van der Waals surface area contributed by atoms with Crippen molar-refractivity contribution in [1.82, 2.24) is 9.97 Å². The molecule has 1 aromatic rings. The average Bonchev–Trinajstić information content (AvgIpc) is 2.16. The summed E-state index contributed by atoms with van der Waals surface area (Å²) in [6, 6.07) is 0. The van der Waals surface area contributed by atoms with Gasteiger partial charge in [0.25, 0.3) is 0 Å². The van der Waals surface area contributed by atoms with Crippen molar-refractivity contribution in [3.8, 4) is 0 Å². The molecule has 1 heterocycles. The van der Waals surface area contributed by atoms with Crippen LogP contribution in [-0.2, 0) is 5.54 Å². The van der Waals surface area contributed by atoms with Crippen LogP contribution in [0.15, 0.2) is 22.0 Å². The Morgan fingerprint density at radius 1 is 1.53 bits per heavy atom. The van der Waals surface area contributed by atoms with E-state index < -0.39 is 11.7 Å². The van der Waals surface area contributed by atoms with E-state index in [0.29, 0.717) is 5.82 Å². The first kappa shape index (κ1) is 10.3. The molecule has 0 atom stereocenters. The Morgan fingerprint density at radius 3 is 2.60 bits per heavy atom. The Hall–Kier alpha value is -1.20. The van der Waals surface area contributed by atoms with Crippen molar-refractivity contribution < 1.29 is 4.39 Å². The van der Waals surface area contributed by atoms with E-state index in [9.17, 15) is 4.39 Å². The van der Waals surface area contributed by atoms with Crippen LogP contribution in [0.4, 0.5) is 4.39 Å². The van der Waals surface area contributed by atoms with Crippen LogP contribution in [0, 0.1) is 0 Å². The van der Waals surface area contributed by atoms with E-state index in [4.69, 9.17) is 5.53 Å². The number of rotatable bonds is 2. The monoisotopic (exact) mass is 271 g/mol. The van der Waals surface area contributed by atoms with Gasteiger partial charge in [-0.2, -0.15) is 0 Å². The Balaban J connectivity index is 2.34. The summed E-state index contributed by atoms with van der Waals surface area (Å²) < 4.78 is 13.6. The van der Waals surface area contributed by atoms with Gasteiger partial charge in [0, 0.05) is 17.3 Å². The predicted octanol–water partition coefficient (Wildman–Crippen LogP) is 2.88. The standard InChI is InChI=1S/C8H7BrFN5/c9-5-3-12-7(13-4-5)8(14-15-11)1-6(10)2-8/h3-4,6H,1-2H2. The molecule has 15 heavy (non-hydrogen) atoms. The fourth-order valence-electron chi connectivity index (χ4n) is 1.62. The molecule has 0 bridgehead atoms. The maximum absolute atomic E-state index is 12.9. The Labute approximate surface area is 93.5 Å². The zero-order chi connectivity index (χ0) is 10.9. The van der Waals surface area contributed by atoms with Crippen molar-refractivity contribution >= 4 is 15.9 Å². The largest absolute Gasteiger partial charge is 0.247 e. The first-order valence-electron chi connectivity index (χ1n) is 4.35. The van der Waals surface area contributed by atoms with Crippen LogP contribution >= 0.6 is 15.9 Å². The molecule has 1 aromatic heterocycles. The van der Waals surface area contributed by atoms with Crippen LogP contribution in [0.2, 0.25) is 0 Å². The normalized spacial score (nSPS) is 29.1. The van der Waals surface area contributed by atoms with E-state index >= 15 is 0 Å². The maximum Gasteiger partial charge on any atom is 0.140 e. The molecule has 7 heteroatoms. The smallest absolute Gasteiger partial charge is 0.140 e. The third kappa shape index (κ3) is 1.80. The molecule has 0 aromatic carbocycles. The van der Waals surface area contributed by atoms with Crippen LogP contribution in [0.25, 0.3) is 10.4 Å². The highest BCUT2D eigenvalue weighted by Crippen LogP contribution is 2.45. The zero-order valence-corrected chi connectivity index (χ0v) is 9.22. The molecule has 0 unspecified atom stereocenters. The van der Waals surface area contributed by atoms with Crippen molar-refractivity contribution in [1.29, 1.82) is 0 Å². The molecule has 1 aliphatic rings. The highest BCUT2D eigenvalue weighted by atomic mass is 79.9. The maximum atomic E-state index is 12.9. The van der Waals surface area contributed by atoms with E-state index in [-0.39, 0.29) is 12.8 Å². The Kier molecular flexibility index (Phi) is 2.58. The van der Waals surface area contributed by atoms with Crippen LogP contribution < -0.4 is 0 Å². The summed E-state index contributed by atoms with van der Waals surface area (Å²) >= 11 is 3.20. The summed E-state index contributed by atoms with van der Waals surface area (Å²) in [7, 11) is 0. The average molecular weight is 272 g/mol. The van der Waals surface area contributed by atoms with Gasteiger partial charge >= 0.3 is 0 Å². The van der Waals surface area contributed by atoms with E-state index in [1.807, 2.05) is 0 Å². The fourth-order valence-corrected chi connectivity index (χ4v) is 1.82. The molecule has 0 radical (unpaired) electrons. The second-order valence-electron chi connectivity index (χ2n) is 3.45. The van der Waals surface area contributed by atoms with Crippen LogP contribution in [-0.4, -0.2) is 16.1 Å². The topological polar surface area (TPSA) is 74.5 Å². The van der Waals surface area contributed by atoms with Gasteiger partial charge in [-0.15, -0.1) is 0 Å². The minimum absolute atomic E-state index is 0.165. The molecule has 78 valence electrons. The van der Waals surface area contributed by atoms with E-state index in [0.717, 1.165) is 4.47 Å². The summed E-state index contributed by atoms with van der Waals surface area (Å²) in [6.45, 7) is 0. The highest BCUT2D eigenvalue weighted by Gasteiger charge is 2.48. The van der Waals surface area contributed by atoms with Gasteiger partial charge in [0.05, 0.1) is 4.47 Å². The van der Waals surface area contributed by atoms with Gasteiger partial charge in [0.15, 0.2) is 0 Å². The molecule has 1 aliphatic carbocycles. The van der Waals surface area contributed by atoms with Gasteiger partial charge in [0.1, 0.15) is 17.5 Å². The molecule has 0 N–H and O–H groups in total. The second kappa shape index (κ2) is 3.75. The fraction of sp³-hybridized carbons (Fsp3) is 0.500. The first-order chi connectivity index (χ1) is 7.16. The summed E-state index contributed by atoms with van der Waals surface area (Å²) in [5, 5.41) is 3.61. The van der Waals surface area contributed by atoms with Crippen molar-refractivity contribution in [3.05, 3.63) is 33.1 Å². The van der Waals surface area contributed by atoms with Gasteiger partial charge in [-0.05, 0) is 34.3 Å². The Bertz CT molecular complexity index is 408. The summed E-state index contributed by atoms with van der Waals surface area (Å²) in [4.78, 5) is 10.8. The molecule has 2 rings (SSSR count). The number of nitrogens with zero attached hydrogens (tertiary/aromatic N) is 5. The summed E-state index contributed by atoms with van der Waals surface area (Å²) in [5.41, 5.74) is 7.56. The lowest BCUT2D eigenvalue weighted by Gasteiger charge is -2.38. The molecule has 0 amide bonds. The molecule has 5 nitrogen and oxygen atoms in total. The number of alkyl halides is 1. The number of hydrogen-bond acceptors (Lipinski definition) is 3. The van der Waals surface area contributed by atoms with Crippen LogP contribution in [0.3, 0.4) is 0 Å². The lowest BCUT2D eigenvalue weighted by atomic mass is 9.75. The van der Waals surface area contributed by atoms with Gasteiger partial charge in [-0.25, -0.2) is 14.4 Å².